The Morgan fingerprint density at radius 1 is 1.14 bits per heavy atom. The highest BCUT2D eigenvalue weighted by atomic mass is 32.2. The minimum atomic E-state index is -0.868. The van der Waals surface area contributed by atoms with Gasteiger partial charge in [0.2, 0.25) is 0 Å². The monoisotopic (exact) mass is 399 g/mol. The standard InChI is InChI=1S/C21H25N3O3S/c1-21(2,19(25)26)28-18-10-4-13-11-17(7-3-14(13)12-18)24-20(27)23-16-8-5-15(22)6-9-16/h4-6,8-10,12,17H,3,7,11,22H2,1-2H3,(H,25,26)(H2,23,24,27). The number of carbonyl (C=O) groups is 2. The lowest BCUT2D eigenvalue weighted by Crippen LogP contribution is -2.41. The first kappa shape index (κ1) is 20.1. The molecule has 148 valence electrons. The van der Waals surface area contributed by atoms with Crippen molar-refractivity contribution in [2.75, 3.05) is 11.1 Å². The van der Waals surface area contributed by atoms with Gasteiger partial charge in [0.25, 0.3) is 0 Å². The Morgan fingerprint density at radius 3 is 2.54 bits per heavy atom. The maximum Gasteiger partial charge on any atom is 0.319 e. The molecule has 0 fully saturated rings. The molecule has 5 N–H and O–H groups in total. The number of fused-ring (bicyclic) bond motifs is 1. The van der Waals surface area contributed by atoms with Crippen LogP contribution >= 0.6 is 11.8 Å². The van der Waals surface area contributed by atoms with E-state index in [2.05, 4.69) is 16.7 Å². The minimum absolute atomic E-state index is 0.0650. The molecule has 0 aromatic heterocycles. The van der Waals surface area contributed by atoms with Crippen molar-refractivity contribution in [1.82, 2.24) is 5.32 Å². The minimum Gasteiger partial charge on any atom is -0.480 e. The maximum atomic E-state index is 12.2. The number of hydrogen-bond donors (Lipinski definition) is 4. The van der Waals surface area contributed by atoms with Crippen LogP contribution in [0.15, 0.2) is 47.4 Å². The molecular weight excluding hydrogens is 374 g/mol. The summed E-state index contributed by atoms with van der Waals surface area (Å²) >= 11 is 1.35. The molecule has 1 atom stereocenters. The zero-order valence-corrected chi connectivity index (χ0v) is 16.8. The lowest BCUT2D eigenvalue weighted by Gasteiger charge is -2.27. The molecule has 7 heteroatoms. The van der Waals surface area contributed by atoms with Gasteiger partial charge in [0, 0.05) is 22.3 Å². The second kappa shape index (κ2) is 8.14. The molecule has 0 heterocycles. The van der Waals surface area contributed by atoms with E-state index >= 15 is 0 Å². The highest BCUT2D eigenvalue weighted by Crippen LogP contribution is 2.35. The van der Waals surface area contributed by atoms with Crippen LogP contribution in [0.1, 0.15) is 31.4 Å². The van der Waals surface area contributed by atoms with Crippen LogP contribution in [0.25, 0.3) is 0 Å². The van der Waals surface area contributed by atoms with E-state index in [1.807, 2.05) is 12.1 Å². The van der Waals surface area contributed by atoms with Crippen molar-refractivity contribution in [3.8, 4) is 0 Å². The van der Waals surface area contributed by atoms with Crippen LogP contribution in [0.4, 0.5) is 16.2 Å². The van der Waals surface area contributed by atoms with Gasteiger partial charge in [0.1, 0.15) is 4.75 Å². The van der Waals surface area contributed by atoms with Crippen molar-refractivity contribution in [1.29, 1.82) is 0 Å². The summed E-state index contributed by atoms with van der Waals surface area (Å²) in [6, 6.07) is 12.9. The topological polar surface area (TPSA) is 104 Å². The van der Waals surface area contributed by atoms with Crippen LogP contribution in [0.2, 0.25) is 0 Å². The highest BCUT2D eigenvalue weighted by molar-refractivity contribution is 8.01. The number of aliphatic carboxylic acids is 1. The van der Waals surface area contributed by atoms with Gasteiger partial charge < -0.3 is 21.5 Å². The first-order valence-electron chi connectivity index (χ1n) is 9.20. The predicted molar refractivity (Wildman–Crippen MR) is 113 cm³/mol. The van der Waals surface area contributed by atoms with Gasteiger partial charge in [-0.1, -0.05) is 6.07 Å². The molecule has 0 radical (unpaired) electrons. The van der Waals surface area contributed by atoms with Gasteiger partial charge in [0.15, 0.2) is 0 Å². The summed E-state index contributed by atoms with van der Waals surface area (Å²) in [5.41, 5.74) is 9.42. The number of nitrogen functional groups attached to an aromatic ring is 1. The fourth-order valence-electron chi connectivity index (χ4n) is 3.18. The van der Waals surface area contributed by atoms with Crippen LogP contribution in [-0.2, 0) is 17.6 Å². The van der Waals surface area contributed by atoms with E-state index in [0.717, 1.165) is 24.2 Å². The molecule has 28 heavy (non-hydrogen) atoms. The lowest BCUT2D eigenvalue weighted by molar-refractivity contribution is -0.138. The van der Waals surface area contributed by atoms with Gasteiger partial charge in [-0.05, 0) is 80.6 Å². The molecule has 1 aliphatic rings. The Bertz CT molecular complexity index is 881. The normalized spacial score (nSPS) is 16.1. The number of carboxylic acid groups (broad SMARTS) is 1. The zero-order valence-electron chi connectivity index (χ0n) is 16.0. The fourth-order valence-corrected chi connectivity index (χ4v) is 4.19. The molecule has 0 aliphatic heterocycles. The molecule has 2 aromatic rings. The zero-order chi connectivity index (χ0) is 20.3. The van der Waals surface area contributed by atoms with Crippen LogP contribution in [0.3, 0.4) is 0 Å². The SMILES string of the molecule is CC(C)(Sc1ccc2c(c1)CCC(NC(=O)Nc1ccc(N)cc1)C2)C(=O)O. The third-order valence-electron chi connectivity index (χ3n) is 4.80. The number of rotatable bonds is 5. The Balaban J connectivity index is 1.59. The molecule has 0 saturated carbocycles. The summed E-state index contributed by atoms with van der Waals surface area (Å²) in [6.45, 7) is 3.41. The van der Waals surface area contributed by atoms with Gasteiger partial charge in [-0.3, -0.25) is 4.79 Å². The molecule has 1 unspecified atom stereocenters. The number of benzene rings is 2. The van der Waals surface area contributed by atoms with Crippen LogP contribution < -0.4 is 16.4 Å². The van der Waals surface area contributed by atoms with Crippen molar-refractivity contribution in [2.24, 2.45) is 0 Å². The summed E-state index contributed by atoms with van der Waals surface area (Å²) in [4.78, 5) is 24.5. The highest BCUT2D eigenvalue weighted by Gasteiger charge is 2.29. The fraction of sp³-hybridized carbons (Fsp3) is 0.333. The summed E-state index contributed by atoms with van der Waals surface area (Å²) in [5.74, 6) is -0.827. The number of hydrogen-bond acceptors (Lipinski definition) is 4. The number of amides is 2. The average Bonchev–Trinajstić information content (AvgIpc) is 2.63. The summed E-state index contributed by atoms with van der Waals surface area (Å²) in [5, 5.41) is 15.2. The average molecular weight is 400 g/mol. The first-order chi connectivity index (χ1) is 13.2. The van der Waals surface area contributed by atoms with Gasteiger partial charge >= 0.3 is 12.0 Å². The number of carbonyl (C=O) groups excluding carboxylic acids is 1. The van der Waals surface area contributed by atoms with E-state index in [-0.39, 0.29) is 12.1 Å². The Hall–Kier alpha value is -2.67. The van der Waals surface area contributed by atoms with E-state index in [9.17, 15) is 14.7 Å². The van der Waals surface area contributed by atoms with E-state index in [1.54, 1.807) is 38.1 Å². The first-order valence-corrected chi connectivity index (χ1v) is 10.0. The Morgan fingerprint density at radius 2 is 1.86 bits per heavy atom. The van der Waals surface area contributed by atoms with Crippen LogP contribution in [-0.4, -0.2) is 27.9 Å². The smallest absolute Gasteiger partial charge is 0.319 e. The van der Waals surface area contributed by atoms with E-state index in [1.165, 1.54) is 22.9 Å². The summed E-state index contributed by atoms with van der Waals surface area (Å²) in [6.07, 6.45) is 2.46. The van der Waals surface area contributed by atoms with Crippen LogP contribution in [0, 0.1) is 0 Å². The molecular formula is C21H25N3O3S. The van der Waals surface area contributed by atoms with Crippen LogP contribution in [0.5, 0.6) is 0 Å². The van der Waals surface area contributed by atoms with Gasteiger partial charge in [-0.25, -0.2) is 4.79 Å². The van der Waals surface area contributed by atoms with Gasteiger partial charge in [-0.15, -0.1) is 11.8 Å². The number of urea groups is 1. The third-order valence-corrected chi connectivity index (χ3v) is 5.97. The van der Waals surface area contributed by atoms with Crippen molar-refractivity contribution in [2.45, 2.75) is 48.8 Å². The largest absolute Gasteiger partial charge is 0.480 e. The van der Waals surface area contributed by atoms with Crippen molar-refractivity contribution >= 4 is 35.1 Å². The number of aryl methyl sites for hydroxylation is 1. The van der Waals surface area contributed by atoms with Gasteiger partial charge in [-0.2, -0.15) is 0 Å². The molecule has 1 aliphatic carbocycles. The molecule has 3 rings (SSSR count). The van der Waals surface area contributed by atoms with E-state index < -0.39 is 10.7 Å². The number of anilines is 2. The lowest BCUT2D eigenvalue weighted by atomic mass is 9.88. The second-order valence-electron chi connectivity index (χ2n) is 7.51. The quantitative estimate of drug-likeness (QED) is 0.451. The third kappa shape index (κ3) is 4.98. The Labute approximate surface area is 168 Å². The summed E-state index contributed by atoms with van der Waals surface area (Å²) < 4.78 is -0.868. The molecule has 2 amide bonds. The number of carboxylic acids is 1. The molecule has 0 saturated heterocycles. The second-order valence-corrected chi connectivity index (χ2v) is 9.20. The molecule has 6 nitrogen and oxygen atoms in total. The van der Waals surface area contributed by atoms with Crippen molar-refractivity contribution in [3.63, 3.8) is 0 Å². The number of thioether (sulfide) groups is 1. The van der Waals surface area contributed by atoms with Crippen molar-refractivity contribution in [3.05, 3.63) is 53.6 Å². The molecule has 2 aromatic carbocycles. The van der Waals surface area contributed by atoms with Crippen molar-refractivity contribution < 1.29 is 14.7 Å². The Kier molecular flexibility index (Phi) is 5.84. The number of nitrogens with one attached hydrogen (secondary N) is 2. The summed E-state index contributed by atoms with van der Waals surface area (Å²) in [7, 11) is 0. The number of nitrogens with two attached hydrogens (primary N) is 1. The van der Waals surface area contributed by atoms with E-state index in [4.69, 9.17) is 5.73 Å². The predicted octanol–water partition coefficient (Wildman–Crippen LogP) is 3.90. The maximum absolute atomic E-state index is 12.2. The van der Waals surface area contributed by atoms with Gasteiger partial charge in [0.05, 0.1) is 0 Å². The molecule has 0 spiro atoms. The molecule has 0 bridgehead atoms. The van der Waals surface area contributed by atoms with E-state index in [0.29, 0.717) is 11.4 Å².